The fourth-order valence-corrected chi connectivity index (χ4v) is 3.83. The summed E-state index contributed by atoms with van der Waals surface area (Å²) in [5.74, 6) is 2.06. The van der Waals surface area contributed by atoms with E-state index >= 15 is 0 Å². The maximum absolute atomic E-state index is 4.67. The van der Waals surface area contributed by atoms with Gasteiger partial charge >= 0.3 is 0 Å². The first-order chi connectivity index (χ1) is 13.4. The first-order valence-electron chi connectivity index (χ1n) is 9.03. The number of hydrogen-bond donors (Lipinski definition) is 1. The molecule has 5 rings (SSSR count). The average Bonchev–Trinajstić information content (AvgIpc) is 3.29. The third-order valence-corrected chi connectivity index (χ3v) is 5.08. The molecule has 1 aliphatic heterocycles. The summed E-state index contributed by atoms with van der Waals surface area (Å²) >= 11 is 0. The molecule has 0 radical (unpaired) electrons. The third-order valence-electron chi connectivity index (χ3n) is 5.08. The standard InChI is InChI=1S/C19H18N8/c1-6-15(13-4-2-8-20-10-13)17-16(7-1)21-12-22-19(17)27-9-3-5-14(11-27)18-23-25-26-24-18/h1-2,4,6-8,10,12,14H,3,5,9,11H2,(H,23,24,25,26). The van der Waals surface area contributed by atoms with E-state index in [0.717, 1.165) is 59.6 Å². The molecule has 1 aromatic carbocycles. The van der Waals surface area contributed by atoms with E-state index < -0.39 is 0 Å². The zero-order chi connectivity index (χ0) is 18.1. The summed E-state index contributed by atoms with van der Waals surface area (Å²) in [6.45, 7) is 1.77. The highest BCUT2D eigenvalue weighted by Crippen LogP contribution is 2.35. The van der Waals surface area contributed by atoms with E-state index in [4.69, 9.17) is 0 Å². The van der Waals surface area contributed by atoms with Gasteiger partial charge in [-0.15, -0.1) is 5.10 Å². The van der Waals surface area contributed by atoms with Crippen LogP contribution < -0.4 is 4.90 Å². The molecule has 134 valence electrons. The summed E-state index contributed by atoms with van der Waals surface area (Å²) in [5.41, 5.74) is 3.09. The van der Waals surface area contributed by atoms with Crippen LogP contribution in [0.5, 0.6) is 0 Å². The Labute approximate surface area is 155 Å². The summed E-state index contributed by atoms with van der Waals surface area (Å²) in [7, 11) is 0. The lowest BCUT2D eigenvalue weighted by atomic mass is 9.96. The Balaban J connectivity index is 1.61. The third kappa shape index (κ3) is 2.88. The molecular formula is C19H18N8. The monoisotopic (exact) mass is 358 g/mol. The van der Waals surface area contributed by atoms with E-state index in [1.54, 1.807) is 12.5 Å². The highest BCUT2D eigenvalue weighted by Gasteiger charge is 2.26. The molecule has 4 heterocycles. The van der Waals surface area contributed by atoms with Gasteiger partial charge in [0.2, 0.25) is 0 Å². The Morgan fingerprint density at radius 3 is 2.96 bits per heavy atom. The maximum atomic E-state index is 4.67. The van der Waals surface area contributed by atoms with Crippen molar-refractivity contribution in [3.05, 3.63) is 54.9 Å². The number of pyridine rings is 1. The summed E-state index contributed by atoms with van der Waals surface area (Å²) in [5, 5.41) is 15.5. The second-order valence-electron chi connectivity index (χ2n) is 6.71. The Morgan fingerprint density at radius 2 is 2.11 bits per heavy atom. The molecule has 27 heavy (non-hydrogen) atoms. The molecule has 8 heteroatoms. The van der Waals surface area contributed by atoms with Crippen LogP contribution in [-0.2, 0) is 0 Å². The Morgan fingerprint density at radius 1 is 1.11 bits per heavy atom. The van der Waals surface area contributed by atoms with Gasteiger partial charge in [-0.3, -0.25) is 4.98 Å². The summed E-state index contributed by atoms with van der Waals surface area (Å²) < 4.78 is 0. The second-order valence-corrected chi connectivity index (χ2v) is 6.71. The smallest absolute Gasteiger partial charge is 0.153 e. The minimum absolute atomic E-state index is 0.268. The van der Waals surface area contributed by atoms with E-state index in [9.17, 15) is 0 Å². The molecule has 1 fully saturated rings. The van der Waals surface area contributed by atoms with Crippen LogP contribution in [0.4, 0.5) is 5.82 Å². The Kier molecular flexibility index (Phi) is 3.93. The molecule has 0 saturated carbocycles. The van der Waals surface area contributed by atoms with E-state index in [1.165, 1.54) is 0 Å². The van der Waals surface area contributed by atoms with Gasteiger partial charge in [0, 0.05) is 37.0 Å². The molecule has 1 saturated heterocycles. The van der Waals surface area contributed by atoms with Crippen LogP contribution in [0.2, 0.25) is 0 Å². The number of fused-ring (bicyclic) bond motifs is 1. The van der Waals surface area contributed by atoms with Crippen LogP contribution in [0.25, 0.3) is 22.0 Å². The van der Waals surface area contributed by atoms with Crippen molar-refractivity contribution in [2.24, 2.45) is 0 Å². The van der Waals surface area contributed by atoms with Crippen LogP contribution in [0, 0.1) is 0 Å². The fraction of sp³-hybridized carbons (Fsp3) is 0.263. The number of anilines is 1. The number of piperidine rings is 1. The Hall–Kier alpha value is -3.42. The van der Waals surface area contributed by atoms with E-state index in [0.29, 0.717) is 0 Å². The van der Waals surface area contributed by atoms with Gasteiger partial charge in [0.05, 0.1) is 10.9 Å². The van der Waals surface area contributed by atoms with Crippen molar-refractivity contribution in [3.63, 3.8) is 0 Å². The van der Waals surface area contributed by atoms with Gasteiger partial charge in [-0.05, 0) is 41.0 Å². The number of nitrogens with one attached hydrogen (secondary N) is 1. The van der Waals surface area contributed by atoms with Crippen molar-refractivity contribution in [1.29, 1.82) is 0 Å². The lowest BCUT2D eigenvalue weighted by Gasteiger charge is -2.33. The van der Waals surface area contributed by atoms with E-state index in [1.807, 2.05) is 24.4 Å². The number of aromatic nitrogens is 7. The van der Waals surface area contributed by atoms with Crippen molar-refractivity contribution in [3.8, 4) is 11.1 Å². The number of H-pyrrole nitrogens is 1. The number of nitrogens with zero attached hydrogens (tertiary/aromatic N) is 7. The quantitative estimate of drug-likeness (QED) is 0.601. The van der Waals surface area contributed by atoms with Gasteiger partial charge in [-0.2, -0.15) is 0 Å². The van der Waals surface area contributed by atoms with Crippen molar-refractivity contribution in [2.75, 3.05) is 18.0 Å². The van der Waals surface area contributed by atoms with Crippen LogP contribution in [0.1, 0.15) is 24.6 Å². The lowest BCUT2D eigenvalue weighted by Crippen LogP contribution is -2.35. The van der Waals surface area contributed by atoms with Crippen LogP contribution in [0.15, 0.2) is 49.1 Å². The lowest BCUT2D eigenvalue weighted by molar-refractivity contribution is 0.490. The molecule has 0 aliphatic carbocycles. The number of hydrogen-bond acceptors (Lipinski definition) is 7. The van der Waals surface area contributed by atoms with Crippen LogP contribution >= 0.6 is 0 Å². The van der Waals surface area contributed by atoms with Gasteiger partial charge < -0.3 is 4.90 Å². The van der Waals surface area contributed by atoms with Crippen molar-refractivity contribution < 1.29 is 0 Å². The van der Waals surface area contributed by atoms with Gasteiger partial charge in [0.25, 0.3) is 0 Å². The molecule has 0 spiro atoms. The molecule has 0 bridgehead atoms. The normalized spacial score (nSPS) is 17.3. The maximum Gasteiger partial charge on any atom is 0.153 e. The SMILES string of the molecule is c1cncc(-c2cccc3ncnc(N4CCCC(c5nnn[nH]5)C4)c23)c1. The van der Waals surface area contributed by atoms with Gasteiger partial charge in [-0.1, -0.05) is 18.2 Å². The molecule has 1 N–H and O–H groups in total. The molecule has 3 aromatic heterocycles. The highest BCUT2D eigenvalue weighted by molar-refractivity contribution is 6.01. The van der Waals surface area contributed by atoms with Crippen molar-refractivity contribution >= 4 is 16.7 Å². The number of aromatic amines is 1. The molecule has 4 aromatic rings. The molecular weight excluding hydrogens is 340 g/mol. The zero-order valence-corrected chi connectivity index (χ0v) is 14.7. The summed E-state index contributed by atoms with van der Waals surface area (Å²) in [4.78, 5) is 15.8. The topological polar surface area (TPSA) is 96.4 Å². The molecule has 1 unspecified atom stereocenters. The first-order valence-corrected chi connectivity index (χ1v) is 9.03. The number of rotatable bonds is 3. The fourth-order valence-electron chi connectivity index (χ4n) is 3.83. The van der Waals surface area contributed by atoms with Gasteiger partial charge in [0.15, 0.2) is 5.82 Å². The highest BCUT2D eigenvalue weighted by atomic mass is 15.5. The minimum Gasteiger partial charge on any atom is -0.355 e. The molecule has 0 amide bonds. The van der Waals surface area contributed by atoms with Gasteiger partial charge in [-0.25, -0.2) is 15.1 Å². The Bertz CT molecular complexity index is 1040. The zero-order valence-electron chi connectivity index (χ0n) is 14.7. The number of benzene rings is 1. The van der Waals surface area contributed by atoms with Crippen molar-refractivity contribution in [2.45, 2.75) is 18.8 Å². The van der Waals surface area contributed by atoms with Crippen molar-refractivity contribution in [1.82, 2.24) is 35.6 Å². The minimum atomic E-state index is 0.268. The van der Waals surface area contributed by atoms with Crippen LogP contribution in [0.3, 0.4) is 0 Å². The molecule has 1 atom stereocenters. The average molecular weight is 358 g/mol. The van der Waals surface area contributed by atoms with Gasteiger partial charge in [0.1, 0.15) is 12.1 Å². The second kappa shape index (κ2) is 6.71. The van der Waals surface area contributed by atoms with Crippen LogP contribution in [-0.4, -0.2) is 48.7 Å². The predicted octanol–water partition coefficient (Wildman–Crippen LogP) is 2.59. The predicted molar refractivity (Wildman–Crippen MR) is 101 cm³/mol. The summed E-state index contributed by atoms with van der Waals surface area (Å²) in [6.07, 6.45) is 7.43. The molecule has 8 nitrogen and oxygen atoms in total. The number of tetrazole rings is 1. The first kappa shape index (κ1) is 15.8. The summed E-state index contributed by atoms with van der Waals surface area (Å²) in [6, 6.07) is 10.2. The largest absolute Gasteiger partial charge is 0.355 e. The van der Waals surface area contributed by atoms with E-state index in [-0.39, 0.29) is 5.92 Å². The van der Waals surface area contributed by atoms with E-state index in [2.05, 4.69) is 52.6 Å². The molecule has 1 aliphatic rings.